The lowest BCUT2D eigenvalue weighted by Crippen LogP contribution is -2.20. The predicted octanol–water partition coefficient (Wildman–Crippen LogP) is 9.45. The summed E-state index contributed by atoms with van der Waals surface area (Å²) >= 11 is 7.00. The second-order valence-electron chi connectivity index (χ2n) is 11.7. The van der Waals surface area contributed by atoms with Gasteiger partial charge in [-0.1, -0.05) is 117 Å². The Labute approximate surface area is 312 Å². The predicted molar refractivity (Wildman–Crippen MR) is 210 cm³/mol. The molecule has 8 nitrogen and oxygen atoms in total. The lowest BCUT2D eigenvalue weighted by Gasteiger charge is -2.12. The number of carbonyl (C=O) groups is 2. The van der Waals surface area contributed by atoms with Crippen LogP contribution in [0.1, 0.15) is 41.5 Å². The maximum absolute atomic E-state index is 12.6. The van der Waals surface area contributed by atoms with Crippen molar-refractivity contribution < 1.29 is 19.1 Å². The minimum atomic E-state index is -0.303. The van der Waals surface area contributed by atoms with Gasteiger partial charge in [0.15, 0.2) is 0 Å². The molecule has 0 heterocycles. The van der Waals surface area contributed by atoms with Gasteiger partial charge in [-0.3, -0.25) is 9.59 Å². The van der Waals surface area contributed by atoms with Gasteiger partial charge in [0.2, 0.25) is 11.8 Å². The molecule has 0 spiro atoms. The van der Waals surface area contributed by atoms with E-state index >= 15 is 0 Å². The molecule has 256 valence electrons. The molecule has 2 N–H and O–H groups in total. The Kier molecular flexibility index (Phi) is 12.2. The maximum Gasteiger partial charge on any atom is 0.240 e. The van der Waals surface area contributed by atoms with Gasteiger partial charge in [0.05, 0.1) is 12.4 Å². The summed E-state index contributed by atoms with van der Waals surface area (Å²) in [6, 6.07) is 39.5. The van der Waals surface area contributed by atoms with Crippen LogP contribution >= 0.6 is 31.9 Å². The Morgan fingerprint density at radius 1 is 0.569 bits per heavy atom. The third kappa shape index (κ3) is 9.90. The number of nitrogens with zero attached hydrogens (tertiary/aromatic N) is 2. The molecule has 0 saturated carbocycles. The summed E-state index contributed by atoms with van der Waals surface area (Å²) in [6.07, 6.45) is 3.76. The standard InChI is InChI=1S/C41H34Br2N4O4/c42-32-12-5-8-28(22-32)26-50-38-20-18-30-10-1-3-14-34(30)36(38)24-44-46-40(48)16-7-17-41(49)47-45-25-37-35-15-4-2-11-31(35)19-21-39(37)51-27-29-9-6-13-33(43)23-29/h1-6,8-15,18-25H,7,16-17,26-27H2,(H,46,48)(H,47,49)/b44-24+,45-25+. The first kappa shape index (κ1) is 35.5. The smallest absolute Gasteiger partial charge is 0.240 e. The van der Waals surface area contributed by atoms with Crippen LogP contribution in [0.5, 0.6) is 11.5 Å². The van der Waals surface area contributed by atoms with Crippen molar-refractivity contribution >= 4 is 77.6 Å². The summed E-state index contributed by atoms with van der Waals surface area (Å²) in [6.45, 7) is 0.751. The van der Waals surface area contributed by atoms with E-state index in [-0.39, 0.29) is 24.7 Å². The Hall–Kier alpha value is -5.32. The Morgan fingerprint density at radius 2 is 1.02 bits per heavy atom. The van der Waals surface area contributed by atoms with Crippen LogP contribution < -0.4 is 20.3 Å². The van der Waals surface area contributed by atoms with Gasteiger partial charge in [0.1, 0.15) is 24.7 Å². The molecular weight excluding hydrogens is 772 g/mol. The van der Waals surface area contributed by atoms with E-state index in [1.165, 1.54) is 0 Å². The normalized spacial score (nSPS) is 11.3. The van der Waals surface area contributed by atoms with Crippen molar-refractivity contribution in [1.29, 1.82) is 0 Å². The molecule has 0 aromatic heterocycles. The molecule has 10 heteroatoms. The minimum absolute atomic E-state index is 0.118. The fourth-order valence-electron chi connectivity index (χ4n) is 5.50. The second kappa shape index (κ2) is 17.6. The lowest BCUT2D eigenvalue weighted by molar-refractivity contribution is -0.122. The number of nitrogens with one attached hydrogen (secondary N) is 2. The van der Waals surface area contributed by atoms with E-state index in [4.69, 9.17) is 9.47 Å². The number of hydrogen-bond donors (Lipinski definition) is 2. The van der Waals surface area contributed by atoms with Gasteiger partial charge < -0.3 is 9.47 Å². The first-order valence-electron chi connectivity index (χ1n) is 16.3. The first-order chi connectivity index (χ1) is 24.9. The van der Waals surface area contributed by atoms with Gasteiger partial charge in [0.25, 0.3) is 0 Å². The number of hydrazone groups is 2. The van der Waals surface area contributed by atoms with Gasteiger partial charge in [0, 0.05) is 32.9 Å². The molecule has 2 amide bonds. The molecule has 0 saturated heterocycles. The van der Waals surface area contributed by atoms with Gasteiger partial charge >= 0.3 is 0 Å². The van der Waals surface area contributed by atoms with Crippen molar-refractivity contribution in [1.82, 2.24) is 10.9 Å². The zero-order chi connectivity index (χ0) is 35.4. The molecule has 6 aromatic rings. The van der Waals surface area contributed by atoms with Crippen molar-refractivity contribution in [3.05, 3.63) is 153 Å². The van der Waals surface area contributed by atoms with Crippen LogP contribution in [0.3, 0.4) is 0 Å². The first-order valence-corrected chi connectivity index (χ1v) is 17.9. The molecule has 0 fully saturated rings. The Bertz CT molecular complexity index is 2080. The zero-order valence-corrected chi connectivity index (χ0v) is 30.7. The highest BCUT2D eigenvalue weighted by molar-refractivity contribution is 9.10. The number of hydrogen-bond acceptors (Lipinski definition) is 6. The van der Waals surface area contributed by atoms with Gasteiger partial charge in [-0.15, -0.1) is 0 Å². The SMILES string of the molecule is O=C(CCCC(=O)N/N=C/c1c(OCc2cccc(Br)c2)ccc2ccccc12)N/N=C/c1c(OCc2cccc(Br)c2)ccc2ccccc12. The summed E-state index contributed by atoms with van der Waals surface area (Å²) in [5.41, 5.74) is 8.72. The molecular formula is C41H34Br2N4O4. The van der Waals surface area contributed by atoms with E-state index < -0.39 is 0 Å². The number of fused-ring (bicyclic) bond motifs is 2. The van der Waals surface area contributed by atoms with Crippen LogP contribution in [0.4, 0.5) is 0 Å². The topological polar surface area (TPSA) is 101 Å². The minimum Gasteiger partial charge on any atom is -0.488 e. The molecule has 0 bridgehead atoms. The highest BCUT2D eigenvalue weighted by Crippen LogP contribution is 2.29. The van der Waals surface area contributed by atoms with E-state index in [9.17, 15) is 9.59 Å². The number of ether oxygens (including phenoxy) is 2. The molecule has 0 radical (unpaired) electrons. The van der Waals surface area contributed by atoms with Crippen molar-refractivity contribution in [2.24, 2.45) is 10.2 Å². The summed E-state index contributed by atoms with van der Waals surface area (Å²) in [5.74, 6) is 0.691. The number of carbonyl (C=O) groups excluding carboxylic acids is 2. The number of amides is 2. The largest absolute Gasteiger partial charge is 0.488 e. The van der Waals surface area contributed by atoms with Crippen LogP contribution in [-0.2, 0) is 22.8 Å². The van der Waals surface area contributed by atoms with Crippen LogP contribution in [-0.4, -0.2) is 24.2 Å². The van der Waals surface area contributed by atoms with Crippen molar-refractivity contribution in [3.63, 3.8) is 0 Å². The molecule has 0 unspecified atom stereocenters. The van der Waals surface area contributed by atoms with E-state index in [1.807, 2.05) is 121 Å². The van der Waals surface area contributed by atoms with Crippen LogP contribution in [0.25, 0.3) is 21.5 Å². The van der Waals surface area contributed by atoms with Gasteiger partial charge in [-0.05, 0) is 75.5 Å². The van der Waals surface area contributed by atoms with Crippen LogP contribution in [0.15, 0.2) is 140 Å². The maximum atomic E-state index is 12.6. The molecule has 51 heavy (non-hydrogen) atoms. The molecule has 6 rings (SSSR count). The number of halogens is 2. The fourth-order valence-corrected chi connectivity index (χ4v) is 6.40. The summed E-state index contributed by atoms with van der Waals surface area (Å²) in [5, 5.41) is 12.4. The van der Waals surface area contributed by atoms with Crippen LogP contribution in [0, 0.1) is 0 Å². The molecule has 0 aliphatic rings. The summed E-state index contributed by atoms with van der Waals surface area (Å²) < 4.78 is 14.3. The summed E-state index contributed by atoms with van der Waals surface area (Å²) in [4.78, 5) is 25.2. The Balaban J connectivity index is 1.02. The molecule has 0 aliphatic carbocycles. The average Bonchev–Trinajstić information content (AvgIpc) is 3.14. The molecule has 0 atom stereocenters. The second-order valence-corrected chi connectivity index (χ2v) is 13.5. The number of benzene rings is 6. The van der Waals surface area contributed by atoms with Crippen molar-refractivity contribution in [3.8, 4) is 11.5 Å². The third-order valence-corrected chi connectivity index (χ3v) is 8.99. The Morgan fingerprint density at radius 3 is 1.47 bits per heavy atom. The number of rotatable bonds is 14. The zero-order valence-electron chi connectivity index (χ0n) is 27.5. The van der Waals surface area contributed by atoms with E-state index in [0.29, 0.717) is 31.1 Å². The van der Waals surface area contributed by atoms with Crippen LogP contribution in [0.2, 0.25) is 0 Å². The lowest BCUT2D eigenvalue weighted by atomic mass is 10.0. The molecule has 6 aromatic carbocycles. The van der Waals surface area contributed by atoms with E-state index in [1.54, 1.807) is 12.4 Å². The average molecular weight is 807 g/mol. The summed E-state index contributed by atoms with van der Waals surface area (Å²) in [7, 11) is 0. The monoisotopic (exact) mass is 804 g/mol. The fraction of sp³-hybridized carbons (Fsp3) is 0.122. The highest BCUT2D eigenvalue weighted by atomic mass is 79.9. The quantitative estimate of drug-likeness (QED) is 0.0847. The molecule has 0 aliphatic heterocycles. The van der Waals surface area contributed by atoms with Crippen molar-refractivity contribution in [2.45, 2.75) is 32.5 Å². The van der Waals surface area contributed by atoms with E-state index in [0.717, 1.165) is 52.7 Å². The third-order valence-electron chi connectivity index (χ3n) is 8.00. The van der Waals surface area contributed by atoms with Crippen molar-refractivity contribution in [2.75, 3.05) is 0 Å². The van der Waals surface area contributed by atoms with Gasteiger partial charge in [-0.25, -0.2) is 10.9 Å². The van der Waals surface area contributed by atoms with E-state index in [2.05, 4.69) is 52.9 Å². The van der Waals surface area contributed by atoms with Gasteiger partial charge in [-0.2, -0.15) is 10.2 Å². The highest BCUT2D eigenvalue weighted by Gasteiger charge is 2.11.